The van der Waals surface area contributed by atoms with Gasteiger partial charge in [-0.3, -0.25) is 4.79 Å². The first-order valence-corrected chi connectivity index (χ1v) is 5.90. The Balaban J connectivity index is 1.95. The molecule has 1 aliphatic rings. The number of rotatable bonds is 3. The van der Waals surface area contributed by atoms with Gasteiger partial charge >= 0.3 is 0 Å². The molecule has 0 unspecified atom stereocenters. The maximum Gasteiger partial charge on any atom is 0.272 e. The quantitative estimate of drug-likeness (QED) is 0.854. The SMILES string of the molecule is CN(CC1CC(O)C1)C(=O)c1ccc(C#N)cn1. The number of aliphatic hydroxyl groups is 1. The topological polar surface area (TPSA) is 77.2 Å². The van der Waals surface area contributed by atoms with Gasteiger partial charge in [0.25, 0.3) is 5.91 Å². The Morgan fingerprint density at radius 3 is 2.83 bits per heavy atom. The van der Waals surface area contributed by atoms with E-state index in [0.717, 1.165) is 12.8 Å². The van der Waals surface area contributed by atoms with Crippen LogP contribution >= 0.6 is 0 Å². The molecular formula is C13H15N3O2. The van der Waals surface area contributed by atoms with Crippen LogP contribution < -0.4 is 0 Å². The van der Waals surface area contributed by atoms with Gasteiger partial charge in [0.15, 0.2) is 0 Å². The zero-order valence-corrected chi connectivity index (χ0v) is 10.2. The summed E-state index contributed by atoms with van der Waals surface area (Å²) in [6.45, 7) is 0.636. The Hall–Kier alpha value is -1.93. The normalized spacial score (nSPS) is 21.8. The third kappa shape index (κ3) is 2.66. The minimum atomic E-state index is -0.202. The Morgan fingerprint density at radius 2 is 2.33 bits per heavy atom. The average Bonchev–Trinajstić information content (AvgIpc) is 2.36. The van der Waals surface area contributed by atoms with Crippen molar-refractivity contribution < 1.29 is 9.90 Å². The first-order valence-electron chi connectivity index (χ1n) is 5.90. The monoisotopic (exact) mass is 245 g/mol. The molecule has 1 fully saturated rings. The second-order valence-electron chi connectivity index (χ2n) is 4.72. The van der Waals surface area contributed by atoms with Crippen molar-refractivity contribution in [3.63, 3.8) is 0 Å². The molecule has 18 heavy (non-hydrogen) atoms. The molecule has 0 aliphatic heterocycles. The van der Waals surface area contributed by atoms with E-state index in [-0.39, 0.29) is 12.0 Å². The molecule has 0 aromatic carbocycles. The maximum absolute atomic E-state index is 12.0. The molecule has 0 bridgehead atoms. The molecule has 0 saturated heterocycles. The second-order valence-corrected chi connectivity index (χ2v) is 4.72. The smallest absolute Gasteiger partial charge is 0.272 e. The largest absolute Gasteiger partial charge is 0.393 e. The highest BCUT2D eigenvalue weighted by molar-refractivity contribution is 5.92. The zero-order valence-electron chi connectivity index (χ0n) is 10.2. The van der Waals surface area contributed by atoms with Gasteiger partial charge in [-0.05, 0) is 30.9 Å². The minimum absolute atomic E-state index is 0.152. The molecule has 1 amide bonds. The second kappa shape index (κ2) is 5.15. The number of carbonyl (C=O) groups excluding carboxylic acids is 1. The summed E-state index contributed by atoms with van der Waals surface area (Å²) >= 11 is 0. The summed E-state index contributed by atoms with van der Waals surface area (Å²) in [5, 5.41) is 17.8. The molecule has 0 atom stereocenters. The first kappa shape index (κ1) is 12.5. The zero-order chi connectivity index (χ0) is 13.1. The molecule has 0 spiro atoms. The Bertz CT molecular complexity index is 472. The number of pyridine rings is 1. The van der Waals surface area contributed by atoms with Crippen LogP contribution in [0.25, 0.3) is 0 Å². The van der Waals surface area contributed by atoms with Crippen LogP contribution in [0, 0.1) is 17.2 Å². The van der Waals surface area contributed by atoms with E-state index in [1.807, 2.05) is 6.07 Å². The maximum atomic E-state index is 12.0. The van der Waals surface area contributed by atoms with Crippen molar-refractivity contribution in [2.24, 2.45) is 5.92 Å². The summed E-state index contributed by atoms with van der Waals surface area (Å²) in [5.41, 5.74) is 0.785. The highest BCUT2D eigenvalue weighted by Gasteiger charge is 2.29. The molecule has 1 N–H and O–H groups in total. The van der Waals surface area contributed by atoms with E-state index in [1.165, 1.54) is 6.20 Å². The molecule has 1 aromatic heterocycles. The van der Waals surface area contributed by atoms with Crippen molar-refractivity contribution >= 4 is 5.91 Å². The van der Waals surface area contributed by atoms with Crippen molar-refractivity contribution in [3.8, 4) is 6.07 Å². The van der Waals surface area contributed by atoms with Gasteiger partial charge in [-0.25, -0.2) is 4.98 Å². The predicted molar refractivity (Wildman–Crippen MR) is 64.6 cm³/mol. The molecule has 94 valence electrons. The Kier molecular flexibility index (Phi) is 3.58. The molecule has 1 heterocycles. The van der Waals surface area contributed by atoms with Gasteiger partial charge in [0.05, 0.1) is 11.7 Å². The summed E-state index contributed by atoms with van der Waals surface area (Å²) in [6.07, 6.45) is 2.72. The average molecular weight is 245 g/mol. The lowest BCUT2D eigenvalue weighted by molar-refractivity contribution is 0.0264. The Morgan fingerprint density at radius 1 is 1.61 bits per heavy atom. The predicted octanol–water partition coefficient (Wildman–Crippen LogP) is 0.796. The van der Waals surface area contributed by atoms with E-state index in [9.17, 15) is 9.90 Å². The lowest BCUT2D eigenvalue weighted by atomic mass is 9.82. The van der Waals surface area contributed by atoms with Gasteiger partial charge in [-0.15, -0.1) is 0 Å². The van der Waals surface area contributed by atoms with Crippen LogP contribution in [-0.2, 0) is 0 Å². The van der Waals surface area contributed by atoms with Gasteiger partial charge < -0.3 is 10.0 Å². The van der Waals surface area contributed by atoms with Crippen LogP contribution in [-0.4, -0.2) is 40.6 Å². The summed E-state index contributed by atoms with van der Waals surface area (Å²) in [6, 6.07) is 5.11. The van der Waals surface area contributed by atoms with Gasteiger partial charge in [-0.2, -0.15) is 5.26 Å². The van der Waals surface area contributed by atoms with Crippen LogP contribution in [0.5, 0.6) is 0 Å². The molecule has 5 nitrogen and oxygen atoms in total. The summed E-state index contributed by atoms with van der Waals surface area (Å²) in [4.78, 5) is 17.6. The molecule has 5 heteroatoms. The van der Waals surface area contributed by atoms with E-state index in [0.29, 0.717) is 23.7 Å². The fraction of sp³-hybridized carbons (Fsp3) is 0.462. The number of hydrogen-bond donors (Lipinski definition) is 1. The third-order valence-corrected chi connectivity index (χ3v) is 3.20. The fourth-order valence-electron chi connectivity index (χ4n) is 2.10. The van der Waals surface area contributed by atoms with Crippen LogP contribution in [0.4, 0.5) is 0 Å². The highest BCUT2D eigenvalue weighted by atomic mass is 16.3. The number of hydrogen-bond acceptors (Lipinski definition) is 4. The van der Waals surface area contributed by atoms with Crippen LogP contribution in [0.2, 0.25) is 0 Å². The van der Waals surface area contributed by atoms with Gasteiger partial charge in [0.2, 0.25) is 0 Å². The number of carbonyl (C=O) groups is 1. The fourth-order valence-corrected chi connectivity index (χ4v) is 2.10. The lowest BCUT2D eigenvalue weighted by Gasteiger charge is -2.34. The Labute approximate surface area is 106 Å². The molecule has 0 radical (unpaired) electrons. The van der Waals surface area contributed by atoms with Crippen molar-refractivity contribution in [1.82, 2.24) is 9.88 Å². The molecule has 1 aromatic rings. The minimum Gasteiger partial charge on any atom is -0.393 e. The lowest BCUT2D eigenvalue weighted by Crippen LogP contribution is -2.39. The van der Waals surface area contributed by atoms with Crippen molar-refractivity contribution in [3.05, 3.63) is 29.6 Å². The number of aliphatic hydroxyl groups excluding tert-OH is 1. The van der Waals surface area contributed by atoms with Crippen LogP contribution in [0.15, 0.2) is 18.3 Å². The van der Waals surface area contributed by atoms with E-state index in [4.69, 9.17) is 5.26 Å². The van der Waals surface area contributed by atoms with Crippen molar-refractivity contribution in [2.75, 3.05) is 13.6 Å². The first-order chi connectivity index (χ1) is 8.60. The molecule has 1 aliphatic carbocycles. The standard InChI is InChI=1S/C13H15N3O2/c1-16(8-10-4-11(17)5-10)13(18)12-3-2-9(6-14)7-15-12/h2-3,7,10-11,17H,4-5,8H2,1H3. The molecule has 1 saturated carbocycles. The van der Waals surface area contributed by atoms with Gasteiger partial charge in [0, 0.05) is 19.8 Å². The van der Waals surface area contributed by atoms with E-state index < -0.39 is 0 Å². The van der Waals surface area contributed by atoms with Crippen molar-refractivity contribution in [1.29, 1.82) is 5.26 Å². The van der Waals surface area contributed by atoms with E-state index in [2.05, 4.69) is 4.98 Å². The molecule has 2 rings (SSSR count). The van der Waals surface area contributed by atoms with Gasteiger partial charge in [-0.1, -0.05) is 0 Å². The van der Waals surface area contributed by atoms with E-state index in [1.54, 1.807) is 24.1 Å². The highest BCUT2D eigenvalue weighted by Crippen LogP contribution is 2.27. The number of nitrogens with zero attached hydrogens (tertiary/aromatic N) is 3. The number of amides is 1. The summed E-state index contributed by atoms with van der Waals surface area (Å²) < 4.78 is 0. The van der Waals surface area contributed by atoms with E-state index >= 15 is 0 Å². The summed E-state index contributed by atoms with van der Waals surface area (Å²) in [5.74, 6) is 0.230. The van der Waals surface area contributed by atoms with Crippen LogP contribution in [0.1, 0.15) is 28.9 Å². The summed E-state index contributed by atoms with van der Waals surface area (Å²) in [7, 11) is 1.73. The number of nitriles is 1. The van der Waals surface area contributed by atoms with Gasteiger partial charge in [0.1, 0.15) is 11.8 Å². The third-order valence-electron chi connectivity index (χ3n) is 3.20. The molecular weight excluding hydrogens is 230 g/mol. The number of aromatic nitrogens is 1. The van der Waals surface area contributed by atoms with Crippen molar-refractivity contribution in [2.45, 2.75) is 18.9 Å². The van der Waals surface area contributed by atoms with Crippen LogP contribution in [0.3, 0.4) is 0 Å².